The first-order valence-corrected chi connectivity index (χ1v) is 6.39. The molecule has 4 heteroatoms. The Morgan fingerprint density at radius 2 is 2.29 bits per heavy atom. The van der Waals surface area contributed by atoms with Crippen molar-refractivity contribution in [2.24, 2.45) is 5.92 Å². The summed E-state index contributed by atoms with van der Waals surface area (Å²) in [6, 6.07) is 0.247. The molecule has 3 nitrogen and oxygen atoms in total. The molecule has 14 heavy (non-hydrogen) atoms. The lowest BCUT2D eigenvalue weighted by molar-refractivity contribution is -0.145. The number of ether oxygens (including phenoxy) is 1. The molecule has 1 saturated carbocycles. The van der Waals surface area contributed by atoms with Crippen molar-refractivity contribution in [3.8, 4) is 0 Å². The van der Waals surface area contributed by atoms with Crippen LogP contribution in [0.2, 0.25) is 0 Å². The van der Waals surface area contributed by atoms with Crippen molar-refractivity contribution in [2.75, 3.05) is 25.1 Å². The van der Waals surface area contributed by atoms with Crippen LogP contribution in [0.4, 0.5) is 0 Å². The summed E-state index contributed by atoms with van der Waals surface area (Å²) in [7, 11) is 0. The molecule has 80 valence electrons. The minimum atomic E-state index is 0.247. The summed E-state index contributed by atoms with van der Waals surface area (Å²) in [6.45, 7) is 2.15. The quantitative estimate of drug-likeness (QED) is 0.704. The van der Waals surface area contributed by atoms with E-state index < -0.39 is 0 Å². The molecule has 0 spiro atoms. The fourth-order valence-corrected chi connectivity index (χ4v) is 2.50. The number of morpholine rings is 1. The van der Waals surface area contributed by atoms with E-state index in [9.17, 15) is 4.79 Å². The molecule has 0 aromatic carbocycles. The van der Waals surface area contributed by atoms with Gasteiger partial charge in [0.05, 0.1) is 19.3 Å². The average Bonchev–Trinajstić information content (AvgIpc) is 2.15. The van der Waals surface area contributed by atoms with Gasteiger partial charge in [0.25, 0.3) is 0 Å². The van der Waals surface area contributed by atoms with Gasteiger partial charge in [-0.2, -0.15) is 0 Å². The maximum absolute atomic E-state index is 12.0. The number of amides is 1. The van der Waals surface area contributed by atoms with E-state index in [1.165, 1.54) is 6.42 Å². The molecular formula is C10H16BrNO2. The molecule has 1 aliphatic heterocycles. The number of carbonyl (C=O) groups is 1. The highest BCUT2D eigenvalue weighted by Gasteiger charge is 2.34. The molecule has 1 unspecified atom stereocenters. The van der Waals surface area contributed by atoms with E-state index in [-0.39, 0.29) is 6.04 Å². The molecule has 1 saturated heterocycles. The lowest BCUT2D eigenvalue weighted by atomic mass is 9.84. The van der Waals surface area contributed by atoms with Crippen LogP contribution in [-0.4, -0.2) is 41.9 Å². The van der Waals surface area contributed by atoms with Crippen molar-refractivity contribution >= 4 is 21.8 Å². The topological polar surface area (TPSA) is 29.5 Å². The maximum Gasteiger partial charge on any atom is 0.226 e. The number of alkyl halides is 1. The van der Waals surface area contributed by atoms with E-state index in [1.807, 2.05) is 4.90 Å². The molecule has 1 amide bonds. The Bertz CT molecular complexity index is 218. The largest absolute Gasteiger partial charge is 0.377 e. The van der Waals surface area contributed by atoms with Crippen LogP contribution < -0.4 is 0 Å². The second kappa shape index (κ2) is 4.62. The summed E-state index contributed by atoms with van der Waals surface area (Å²) in [4.78, 5) is 14.0. The third-order valence-electron chi connectivity index (χ3n) is 3.14. The van der Waals surface area contributed by atoms with Gasteiger partial charge in [0.15, 0.2) is 0 Å². The number of hydrogen-bond donors (Lipinski definition) is 0. The van der Waals surface area contributed by atoms with Gasteiger partial charge >= 0.3 is 0 Å². The van der Waals surface area contributed by atoms with Gasteiger partial charge in [0, 0.05) is 17.8 Å². The average molecular weight is 262 g/mol. The molecule has 1 aliphatic carbocycles. The van der Waals surface area contributed by atoms with Crippen molar-refractivity contribution in [3.05, 3.63) is 0 Å². The van der Waals surface area contributed by atoms with Gasteiger partial charge in [-0.25, -0.2) is 0 Å². The first kappa shape index (κ1) is 10.4. The number of rotatable bonds is 2. The van der Waals surface area contributed by atoms with E-state index in [2.05, 4.69) is 15.9 Å². The Hall–Kier alpha value is -0.0900. The standard InChI is InChI=1S/C10H16BrNO2/c11-6-9-7-14-5-4-12(9)10(13)8-2-1-3-8/h8-9H,1-7H2. The monoisotopic (exact) mass is 261 g/mol. The van der Waals surface area contributed by atoms with Crippen molar-refractivity contribution < 1.29 is 9.53 Å². The van der Waals surface area contributed by atoms with Crippen LogP contribution in [0.1, 0.15) is 19.3 Å². The van der Waals surface area contributed by atoms with Crippen LogP contribution in [-0.2, 0) is 9.53 Å². The normalized spacial score (nSPS) is 28.6. The maximum atomic E-state index is 12.0. The van der Waals surface area contributed by atoms with E-state index in [4.69, 9.17) is 4.74 Å². The van der Waals surface area contributed by atoms with Gasteiger partial charge in [-0.05, 0) is 12.8 Å². The summed E-state index contributed by atoms with van der Waals surface area (Å²) in [6.07, 6.45) is 3.40. The number of halogens is 1. The van der Waals surface area contributed by atoms with E-state index in [0.717, 1.165) is 24.7 Å². The number of nitrogens with zero attached hydrogens (tertiary/aromatic N) is 1. The van der Waals surface area contributed by atoms with Crippen LogP contribution >= 0.6 is 15.9 Å². The zero-order valence-corrected chi connectivity index (χ0v) is 9.83. The fourth-order valence-electron chi connectivity index (χ4n) is 1.96. The Balaban J connectivity index is 1.95. The predicted molar refractivity (Wildman–Crippen MR) is 57.5 cm³/mol. The molecule has 2 rings (SSSR count). The highest BCUT2D eigenvalue weighted by molar-refractivity contribution is 9.09. The number of hydrogen-bond acceptors (Lipinski definition) is 2. The third-order valence-corrected chi connectivity index (χ3v) is 3.89. The minimum absolute atomic E-state index is 0.247. The first-order valence-electron chi connectivity index (χ1n) is 5.27. The van der Waals surface area contributed by atoms with E-state index >= 15 is 0 Å². The second-order valence-corrected chi connectivity index (χ2v) is 4.69. The zero-order chi connectivity index (χ0) is 9.97. The summed E-state index contributed by atoms with van der Waals surface area (Å²) < 4.78 is 5.36. The van der Waals surface area contributed by atoms with Crippen LogP contribution in [0.15, 0.2) is 0 Å². The fraction of sp³-hybridized carbons (Fsp3) is 0.900. The van der Waals surface area contributed by atoms with Gasteiger partial charge in [0.1, 0.15) is 0 Å². The highest BCUT2D eigenvalue weighted by Crippen LogP contribution is 2.29. The van der Waals surface area contributed by atoms with Crippen LogP contribution in [0, 0.1) is 5.92 Å². The summed E-state index contributed by atoms with van der Waals surface area (Å²) in [5.74, 6) is 0.665. The molecule has 1 atom stereocenters. The zero-order valence-electron chi connectivity index (χ0n) is 8.25. The van der Waals surface area contributed by atoms with Gasteiger partial charge in [-0.1, -0.05) is 22.4 Å². The SMILES string of the molecule is O=C(C1CCC1)N1CCOCC1CBr. The predicted octanol–water partition coefficient (Wildman–Crippen LogP) is 1.41. The first-order chi connectivity index (χ1) is 6.83. The lowest BCUT2D eigenvalue weighted by Gasteiger charge is -2.38. The minimum Gasteiger partial charge on any atom is -0.377 e. The van der Waals surface area contributed by atoms with Gasteiger partial charge in [-0.3, -0.25) is 4.79 Å². The summed E-state index contributed by atoms with van der Waals surface area (Å²) in [5.41, 5.74) is 0. The Morgan fingerprint density at radius 3 is 2.86 bits per heavy atom. The third kappa shape index (κ3) is 1.96. The van der Waals surface area contributed by atoms with Crippen LogP contribution in [0.25, 0.3) is 0 Å². The molecule has 0 aromatic heterocycles. The van der Waals surface area contributed by atoms with E-state index in [1.54, 1.807) is 0 Å². The molecule has 0 N–H and O–H groups in total. The second-order valence-electron chi connectivity index (χ2n) is 4.04. The Morgan fingerprint density at radius 1 is 1.50 bits per heavy atom. The highest BCUT2D eigenvalue weighted by atomic mass is 79.9. The summed E-state index contributed by atoms with van der Waals surface area (Å²) >= 11 is 3.43. The molecule has 2 aliphatic rings. The van der Waals surface area contributed by atoms with Crippen molar-refractivity contribution in [3.63, 3.8) is 0 Å². The molecular weight excluding hydrogens is 246 g/mol. The molecule has 0 bridgehead atoms. The van der Waals surface area contributed by atoms with Gasteiger partial charge in [-0.15, -0.1) is 0 Å². The smallest absolute Gasteiger partial charge is 0.226 e. The Kier molecular flexibility index (Phi) is 3.44. The van der Waals surface area contributed by atoms with Crippen LogP contribution in [0.3, 0.4) is 0 Å². The molecule has 1 heterocycles. The number of carbonyl (C=O) groups excluding carboxylic acids is 1. The van der Waals surface area contributed by atoms with Crippen molar-refractivity contribution in [1.29, 1.82) is 0 Å². The van der Waals surface area contributed by atoms with Crippen molar-refractivity contribution in [2.45, 2.75) is 25.3 Å². The van der Waals surface area contributed by atoms with E-state index in [0.29, 0.717) is 25.0 Å². The summed E-state index contributed by atoms with van der Waals surface area (Å²) in [5, 5.41) is 0.825. The van der Waals surface area contributed by atoms with Gasteiger partial charge in [0.2, 0.25) is 5.91 Å². The lowest BCUT2D eigenvalue weighted by Crippen LogP contribution is -2.52. The van der Waals surface area contributed by atoms with Gasteiger partial charge < -0.3 is 9.64 Å². The Labute approximate surface area is 92.9 Å². The van der Waals surface area contributed by atoms with Crippen molar-refractivity contribution in [1.82, 2.24) is 4.90 Å². The molecule has 0 radical (unpaired) electrons. The van der Waals surface area contributed by atoms with Crippen LogP contribution in [0.5, 0.6) is 0 Å². The molecule has 2 fully saturated rings. The molecule has 0 aromatic rings.